The molecule has 0 heterocycles. The molecule has 4 heteroatoms. The summed E-state index contributed by atoms with van der Waals surface area (Å²) < 4.78 is 1.88. The molecule has 20 heavy (non-hydrogen) atoms. The van der Waals surface area contributed by atoms with E-state index in [0.717, 1.165) is 13.6 Å². The van der Waals surface area contributed by atoms with Gasteiger partial charge in [-0.05, 0) is 69.2 Å². The summed E-state index contributed by atoms with van der Waals surface area (Å²) >= 11 is 5.67. The second-order valence-electron chi connectivity index (χ2n) is 4.63. The fourth-order valence-corrected chi connectivity index (χ4v) is 2.89. The molecule has 0 radical (unpaired) electrons. The van der Waals surface area contributed by atoms with E-state index < -0.39 is 0 Å². The minimum absolute atomic E-state index is 0.0201. The van der Waals surface area contributed by atoms with Gasteiger partial charge < -0.3 is 4.90 Å². The molecule has 0 spiro atoms. The SMILES string of the molecule is CC(c1ccccc1)N(C)C(=O)c1cc(I)ccc1Br. The maximum Gasteiger partial charge on any atom is 0.255 e. The van der Waals surface area contributed by atoms with Gasteiger partial charge in [0.25, 0.3) is 5.91 Å². The maximum atomic E-state index is 12.6. The lowest BCUT2D eigenvalue weighted by molar-refractivity contribution is 0.0741. The van der Waals surface area contributed by atoms with Crippen LogP contribution in [0.5, 0.6) is 0 Å². The van der Waals surface area contributed by atoms with E-state index in [1.54, 1.807) is 4.90 Å². The Balaban J connectivity index is 2.27. The number of hydrogen-bond donors (Lipinski definition) is 0. The highest BCUT2D eigenvalue weighted by Gasteiger charge is 2.20. The van der Waals surface area contributed by atoms with E-state index in [1.165, 1.54) is 0 Å². The number of amides is 1. The number of carbonyl (C=O) groups excluding carboxylic acids is 1. The Bertz CT molecular complexity index is 615. The van der Waals surface area contributed by atoms with Gasteiger partial charge in [-0.1, -0.05) is 30.3 Å². The van der Waals surface area contributed by atoms with Crippen molar-refractivity contribution in [2.75, 3.05) is 7.05 Å². The van der Waals surface area contributed by atoms with E-state index in [4.69, 9.17) is 0 Å². The monoisotopic (exact) mass is 443 g/mol. The molecule has 0 aliphatic carbocycles. The Labute approximate surface area is 141 Å². The molecule has 104 valence electrons. The maximum absolute atomic E-state index is 12.6. The molecule has 0 bridgehead atoms. The lowest BCUT2D eigenvalue weighted by atomic mass is 10.1. The molecule has 0 saturated carbocycles. The fourth-order valence-electron chi connectivity index (χ4n) is 1.98. The molecular weight excluding hydrogens is 429 g/mol. The number of rotatable bonds is 3. The molecule has 0 aliphatic rings. The van der Waals surface area contributed by atoms with Gasteiger partial charge in [-0.3, -0.25) is 4.79 Å². The molecule has 0 N–H and O–H groups in total. The Morgan fingerprint density at radius 1 is 1.20 bits per heavy atom. The third-order valence-corrected chi connectivity index (χ3v) is 4.70. The Morgan fingerprint density at radius 3 is 2.50 bits per heavy atom. The Morgan fingerprint density at radius 2 is 1.85 bits per heavy atom. The van der Waals surface area contributed by atoms with Crippen molar-refractivity contribution in [3.63, 3.8) is 0 Å². The van der Waals surface area contributed by atoms with Crippen LogP contribution >= 0.6 is 38.5 Å². The fraction of sp³-hybridized carbons (Fsp3) is 0.188. The molecule has 0 saturated heterocycles. The van der Waals surface area contributed by atoms with Gasteiger partial charge in [-0.25, -0.2) is 0 Å². The number of hydrogen-bond acceptors (Lipinski definition) is 1. The van der Waals surface area contributed by atoms with Crippen LogP contribution in [0.3, 0.4) is 0 Å². The third kappa shape index (κ3) is 3.41. The first-order chi connectivity index (χ1) is 9.50. The first kappa shape index (κ1) is 15.5. The summed E-state index contributed by atoms with van der Waals surface area (Å²) in [6.45, 7) is 2.04. The average Bonchev–Trinajstić information content (AvgIpc) is 2.48. The smallest absolute Gasteiger partial charge is 0.255 e. The van der Waals surface area contributed by atoms with Crippen LogP contribution in [-0.4, -0.2) is 17.9 Å². The van der Waals surface area contributed by atoms with Crippen molar-refractivity contribution in [2.24, 2.45) is 0 Å². The molecule has 0 fully saturated rings. The highest BCUT2D eigenvalue weighted by atomic mass is 127. The van der Waals surface area contributed by atoms with Crippen LogP contribution in [0.15, 0.2) is 53.0 Å². The third-order valence-electron chi connectivity index (χ3n) is 3.34. The number of halogens is 2. The van der Waals surface area contributed by atoms with Crippen molar-refractivity contribution in [1.82, 2.24) is 4.90 Å². The van der Waals surface area contributed by atoms with Crippen molar-refractivity contribution >= 4 is 44.4 Å². The van der Waals surface area contributed by atoms with E-state index in [0.29, 0.717) is 5.56 Å². The van der Waals surface area contributed by atoms with Crippen molar-refractivity contribution in [2.45, 2.75) is 13.0 Å². The molecular formula is C16H15BrINO. The van der Waals surface area contributed by atoms with E-state index in [9.17, 15) is 4.79 Å². The van der Waals surface area contributed by atoms with Crippen molar-refractivity contribution in [1.29, 1.82) is 0 Å². The number of nitrogens with zero attached hydrogens (tertiary/aromatic N) is 1. The topological polar surface area (TPSA) is 20.3 Å². The lowest BCUT2D eigenvalue weighted by Crippen LogP contribution is -2.30. The summed E-state index contributed by atoms with van der Waals surface area (Å²) in [5.41, 5.74) is 1.83. The normalized spacial score (nSPS) is 12.0. The van der Waals surface area contributed by atoms with Crippen LogP contribution in [0.25, 0.3) is 0 Å². The summed E-state index contributed by atoms with van der Waals surface area (Å²) in [6, 6.07) is 15.9. The molecule has 2 nitrogen and oxygen atoms in total. The zero-order valence-electron chi connectivity index (χ0n) is 11.3. The number of benzene rings is 2. The van der Waals surface area contributed by atoms with Gasteiger partial charge in [0.05, 0.1) is 11.6 Å². The summed E-state index contributed by atoms with van der Waals surface area (Å²) in [5, 5.41) is 0. The van der Waals surface area contributed by atoms with Crippen molar-refractivity contribution in [3.8, 4) is 0 Å². The minimum atomic E-state index is 0.0201. The zero-order chi connectivity index (χ0) is 14.7. The van der Waals surface area contributed by atoms with Crippen LogP contribution in [0.2, 0.25) is 0 Å². The van der Waals surface area contributed by atoms with E-state index in [1.807, 2.05) is 62.5 Å². The van der Waals surface area contributed by atoms with Crippen LogP contribution in [0.1, 0.15) is 28.9 Å². The minimum Gasteiger partial charge on any atom is -0.335 e. The summed E-state index contributed by atoms with van der Waals surface area (Å²) in [4.78, 5) is 14.4. The van der Waals surface area contributed by atoms with Crippen LogP contribution in [0, 0.1) is 3.57 Å². The molecule has 2 aromatic carbocycles. The van der Waals surface area contributed by atoms with Gasteiger partial charge >= 0.3 is 0 Å². The van der Waals surface area contributed by atoms with E-state index >= 15 is 0 Å². The Kier molecular flexibility index (Phi) is 5.21. The summed E-state index contributed by atoms with van der Waals surface area (Å²) in [5.74, 6) is 0.0201. The second-order valence-corrected chi connectivity index (χ2v) is 6.73. The van der Waals surface area contributed by atoms with E-state index in [2.05, 4.69) is 38.5 Å². The van der Waals surface area contributed by atoms with Gasteiger partial charge in [0.2, 0.25) is 0 Å². The Hall–Kier alpha value is -0.880. The van der Waals surface area contributed by atoms with Crippen LogP contribution in [-0.2, 0) is 0 Å². The highest BCUT2D eigenvalue weighted by Crippen LogP contribution is 2.25. The zero-order valence-corrected chi connectivity index (χ0v) is 15.1. The predicted molar refractivity (Wildman–Crippen MR) is 93.8 cm³/mol. The summed E-state index contributed by atoms with van der Waals surface area (Å²) in [7, 11) is 1.84. The lowest BCUT2D eigenvalue weighted by Gasteiger charge is -2.26. The standard InChI is InChI=1S/C16H15BrINO/c1-11(12-6-4-3-5-7-12)19(2)16(20)14-10-13(18)8-9-15(14)17/h3-11H,1-2H3. The van der Waals surface area contributed by atoms with Crippen LogP contribution < -0.4 is 0 Å². The predicted octanol–water partition coefficient (Wildman–Crippen LogP) is 4.89. The quantitative estimate of drug-likeness (QED) is 0.618. The van der Waals surface area contributed by atoms with Gasteiger partial charge in [0.1, 0.15) is 0 Å². The van der Waals surface area contributed by atoms with Gasteiger partial charge in [0, 0.05) is 15.1 Å². The summed E-state index contributed by atoms with van der Waals surface area (Å²) in [6.07, 6.45) is 0. The first-order valence-corrected chi connectivity index (χ1v) is 8.15. The van der Waals surface area contributed by atoms with Gasteiger partial charge in [-0.15, -0.1) is 0 Å². The molecule has 0 aromatic heterocycles. The highest BCUT2D eigenvalue weighted by molar-refractivity contribution is 14.1. The second kappa shape index (κ2) is 6.72. The molecule has 0 aliphatic heterocycles. The molecule has 1 amide bonds. The van der Waals surface area contributed by atoms with Crippen molar-refractivity contribution in [3.05, 3.63) is 67.7 Å². The van der Waals surface area contributed by atoms with E-state index in [-0.39, 0.29) is 11.9 Å². The molecule has 2 aromatic rings. The van der Waals surface area contributed by atoms with Gasteiger partial charge in [0.15, 0.2) is 0 Å². The first-order valence-electron chi connectivity index (χ1n) is 6.28. The largest absolute Gasteiger partial charge is 0.335 e. The molecule has 1 atom stereocenters. The van der Waals surface area contributed by atoms with Crippen LogP contribution in [0.4, 0.5) is 0 Å². The average molecular weight is 444 g/mol. The van der Waals surface area contributed by atoms with Crippen molar-refractivity contribution < 1.29 is 4.79 Å². The molecule has 1 unspecified atom stereocenters. The number of carbonyl (C=O) groups is 1. The molecule has 2 rings (SSSR count). The van der Waals surface area contributed by atoms with Gasteiger partial charge in [-0.2, -0.15) is 0 Å².